The van der Waals surface area contributed by atoms with E-state index >= 15 is 0 Å². The average Bonchev–Trinajstić information content (AvgIpc) is 2.89. The molecule has 5 nitrogen and oxygen atoms in total. The molecule has 0 spiro atoms. The Bertz CT molecular complexity index is 385. The van der Waals surface area contributed by atoms with Crippen LogP contribution in [0, 0.1) is 5.92 Å². The molecule has 0 N–H and O–H groups in total. The number of nitrogens with zero attached hydrogens (tertiary/aromatic N) is 2. The summed E-state index contributed by atoms with van der Waals surface area (Å²) in [5, 5.41) is 0. The van der Waals surface area contributed by atoms with E-state index in [4.69, 9.17) is 16.3 Å². The van der Waals surface area contributed by atoms with Gasteiger partial charge in [0.2, 0.25) is 10.0 Å². The van der Waals surface area contributed by atoms with Crippen LogP contribution in [-0.2, 0) is 14.8 Å². The molecule has 0 bridgehead atoms. The molecule has 2 aliphatic rings. The minimum absolute atomic E-state index is 0.240. The summed E-state index contributed by atoms with van der Waals surface area (Å²) in [6.45, 7) is 5.90. The van der Waals surface area contributed by atoms with E-state index in [1.807, 2.05) is 0 Å². The standard InChI is InChI=1S/C13H25ClN2O3S/c14-4-1-2-10-20(17,18)16-5-3-13(12-16)11-15-6-8-19-9-7-15/h13H,1-12H2/t13-/m0/s1. The SMILES string of the molecule is O=S(=O)(CCCCCl)N1CC[C@@H](CN2CCOCC2)C1. The number of ether oxygens (including phenoxy) is 1. The van der Waals surface area contributed by atoms with E-state index in [1.54, 1.807) is 4.31 Å². The van der Waals surface area contributed by atoms with Crippen molar-refractivity contribution in [1.82, 2.24) is 9.21 Å². The minimum atomic E-state index is -3.07. The Labute approximate surface area is 127 Å². The number of rotatable bonds is 7. The van der Waals surface area contributed by atoms with Crippen molar-refractivity contribution in [2.24, 2.45) is 5.92 Å². The highest BCUT2D eigenvalue weighted by atomic mass is 35.5. The van der Waals surface area contributed by atoms with Crippen molar-refractivity contribution >= 4 is 21.6 Å². The van der Waals surface area contributed by atoms with Gasteiger partial charge in [0, 0.05) is 38.6 Å². The molecule has 0 unspecified atom stereocenters. The number of unbranched alkanes of at least 4 members (excludes halogenated alkanes) is 1. The van der Waals surface area contributed by atoms with Crippen molar-refractivity contribution in [2.75, 3.05) is 57.6 Å². The van der Waals surface area contributed by atoms with E-state index in [9.17, 15) is 8.42 Å². The molecule has 0 aromatic rings. The van der Waals surface area contributed by atoms with Crippen LogP contribution in [0.2, 0.25) is 0 Å². The molecule has 0 radical (unpaired) electrons. The molecule has 2 aliphatic heterocycles. The van der Waals surface area contributed by atoms with Crippen LogP contribution in [0.5, 0.6) is 0 Å². The van der Waals surface area contributed by atoms with Crippen LogP contribution in [0.1, 0.15) is 19.3 Å². The zero-order chi connectivity index (χ0) is 14.4. The fourth-order valence-electron chi connectivity index (χ4n) is 2.86. The molecular formula is C13H25ClN2O3S. The van der Waals surface area contributed by atoms with Crippen molar-refractivity contribution in [3.63, 3.8) is 0 Å². The molecule has 1 atom stereocenters. The van der Waals surface area contributed by atoms with E-state index in [0.717, 1.165) is 45.7 Å². The topological polar surface area (TPSA) is 49.9 Å². The molecule has 118 valence electrons. The van der Waals surface area contributed by atoms with E-state index in [1.165, 1.54) is 0 Å². The van der Waals surface area contributed by atoms with E-state index in [0.29, 0.717) is 31.3 Å². The third-order valence-corrected chi connectivity index (χ3v) is 6.24. The molecule has 2 saturated heterocycles. The lowest BCUT2D eigenvalue weighted by molar-refractivity contribution is 0.0316. The maximum atomic E-state index is 12.2. The summed E-state index contributed by atoms with van der Waals surface area (Å²) in [5.41, 5.74) is 0. The molecule has 2 rings (SSSR count). The van der Waals surface area contributed by atoms with Crippen molar-refractivity contribution < 1.29 is 13.2 Å². The molecule has 0 amide bonds. The number of hydrogen-bond acceptors (Lipinski definition) is 4. The molecule has 0 aliphatic carbocycles. The highest BCUT2D eigenvalue weighted by molar-refractivity contribution is 7.89. The molecule has 0 aromatic heterocycles. The Morgan fingerprint density at radius 2 is 1.90 bits per heavy atom. The smallest absolute Gasteiger partial charge is 0.214 e. The van der Waals surface area contributed by atoms with Gasteiger partial charge in [0.25, 0.3) is 0 Å². The second-order valence-corrected chi connectivity index (χ2v) is 8.10. The Hall–Kier alpha value is 0.120. The summed E-state index contributed by atoms with van der Waals surface area (Å²) < 4.78 is 31.4. The van der Waals surface area contributed by atoms with E-state index in [-0.39, 0.29) is 5.75 Å². The van der Waals surface area contributed by atoms with Crippen molar-refractivity contribution in [1.29, 1.82) is 0 Å². The van der Waals surface area contributed by atoms with Crippen LogP contribution in [0.15, 0.2) is 0 Å². The first kappa shape index (κ1) is 16.5. The van der Waals surface area contributed by atoms with Gasteiger partial charge in [-0.3, -0.25) is 4.90 Å². The number of sulfonamides is 1. The fraction of sp³-hybridized carbons (Fsp3) is 1.00. The summed E-state index contributed by atoms with van der Waals surface area (Å²) in [4.78, 5) is 2.39. The molecule has 0 saturated carbocycles. The van der Waals surface area contributed by atoms with Crippen molar-refractivity contribution in [2.45, 2.75) is 19.3 Å². The quantitative estimate of drug-likeness (QED) is 0.517. The first-order chi connectivity index (χ1) is 9.62. The normalized spacial score (nSPS) is 26.1. The van der Waals surface area contributed by atoms with Gasteiger partial charge in [-0.05, 0) is 25.2 Å². The van der Waals surface area contributed by atoms with Gasteiger partial charge >= 0.3 is 0 Å². The lowest BCUT2D eigenvalue weighted by Gasteiger charge is -2.29. The number of morpholine rings is 1. The summed E-state index contributed by atoms with van der Waals surface area (Å²) in [6, 6.07) is 0. The van der Waals surface area contributed by atoms with Crippen LogP contribution >= 0.6 is 11.6 Å². The third kappa shape index (κ3) is 4.84. The molecule has 0 aromatic carbocycles. The molecule has 2 fully saturated rings. The average molecular weight is 325 g/mol. The molecular weight excluding hydrogens is 300 g/mol. The van der Waals surface area contributed by atoms with Crippen molar-refractivity contribution in [3.05, 3.63) is 0 Å². The van der Waals surface area contributed by atoms with Gasteiger partial charge in [0.15, 0.2) is 0 Å². The third-order valence-electron chi connectivity index (χ3n) is 4.05. The monoisotopic (exact) mass is 324 g/mol. The van der Waals surface area contributed by atoms with Gasteiger partial charge in [-0.1, -0.05) is 0 Å². The van der Waals surface area contributed by atoms with Crippen LogP contribution < -0.4 is 0 Å². The summed E-state index contributed by atoms with van der Waals surface area (Å²) >= 11 is 5.60. The van der Waals surface area contributed by atoms with E-state index < -0.39 is 10.0 Å². The van der Waals surface area contributed by atoms with Crippen molar-refractivity contribution in [3.8, 4) is 0 Å². The highest BCUT2D eigenvalue weighted by Gasteiger charge is 2.31. The molecule has 7 heteroatoms. The van der Waals surface area contributed by atoms with Gasteiger partial charge in [-0.25, -0.2) is 12.7 Å². The van der Waals surface area contributed by atoms with Gasteiger partial charge in [0.1, 0.15) is 0 Å². The number of hydrogen-bond donors (Lipinski definition) is 0. The van der Waals surface area contributed by atoms with Gasteiger partial charge in [-0.15, -0.1) is 11.6 Å². The molecule has 20 heavy (non-hydrogen) atoms. The van der Waals surface area contributed by atoms with Crippen LogP contribution in [-0.4, -0.2) is 75.2 Å². The summed E-state index contributed by atoms with van der Waals surface area (Å²) in [7, 11) is -3.07. The number of alkyl halides is 1. The highest BCUT2D eigenvalue weighted by Crippen LogP contribution is 2.21. The van der Waals surface area contributed by atoms with Crippen LogP contribution in [0.25, 0.3) is 0 Å². The Morgan fingerprint density at radius 3 is 2.60 bits per heavy atom. The van der Waals surface area contributed by atoms with Gasteiger partial charge in [0.05, 0.1) is 19.0 Å². The maximum absolute atomic E-state index is 12.2. The second-order valence-electron chi connectivity index (χ2n) is 5.64. The minimum Gasteiger partial charge on any atom is -0.379 e. The predicted molar refractivity (Wildman–Crippen MR) is 80.7 cm³/mol. The van der Waals surface area contributed by atoms with Gasteiger partial charge in [-0.2, -0.15) is 0 Å². The van der Waals surface area contributed by atoms with Crippen LogP contribution in [0.4, 0.5) is 0 Å². The van der Waals surface area contributed by atoms with Gasteiger partial charge < -0.3 is 4.74 Å². The van der Waals surface area contributed by atoms with E-state index in [2.05, 4.69) is 4.90 Å². The fourth-order valence-corrected chi connectivity index (χ4v) is 4.69. The number of halogens is 1. The summed E-state index contributed by atoms with van der Waals surface area (Å²) in [6.07, 6.45) is 2.41. The first-order valence-electron chi connectivity index (χ1n) is 7.46. The summed E-state index contributed by atoms with van der Waals surface area (Å²) in [5.74, 6) is 1.25. The van der Waals surface area contributed by atoms with Crippen LogP contribution in [0.3, 0.4) is 0 Å². The predicted octanol–water partition coefficient (Wildman–Crippen LogP) is 0.989. The Kier molecular flexibility index (Phi) is 6.55. The largest absolute Gasteiger partial charge is 0.379 e. The first-order valence-corrected chi connectivity index (χ1v) is 9.60. The lowest BCUT2D eigenvalue weighted by atomic mass is 10.1. The zero-order valence-corrected chi connectivity index (χ0v) is 13.5. The molecule has 2 heterocycles. The Morgan fingerprint density at radius 1 is 1.15 bits per heavy atom. The Balaban J connectivity index is 1.76. The second kappa shape index (κ2) is 7.94. The zero-order valence-electron chi connectivity index (χ0n) is 12.0. The maximum Gasteiger partial charge on any atom is 0.214 e. The lowest BCUT2D eigenvalue weighted by Crippen LogP contribution is -2.40.